The molecule has 6 heteroatoms. The maximum absolute atomic E-state index is 4.48. The summed E-state index contributed by atoms with van der Waals surface area (Å²) in [5.74, 6) is 2.24. The molecular formula is C12H18N6. The number of imidazole rings is 1. The Labute approximate surface area is 106 Å². The van der Waals surface area contributed by atoms with Crippen LogP contribution in [0.5, 0.6) is 0 Å². The van der Waals surface area contributed by atoms with Gasteiger partial charge in [-0.2, -0.15) is 9.97 Å². The molecule has 0 spiro atoms. The molecule has 2 aromatic heterocycles. The molecule has 0 amide bonds. The number of anilines is 2. The summed E-state index contributed by atoms with van der Waals surface area (Å²) in [4.78, 5) is 16.1. The summed E-state index contributed by atoms with van der Waals surface area (Å²) in [6.07, 6.45) is 5.35. The summed E-state index contributed by atoms with van der Waals surface area (Å²) in [7, 11) is 1.81. The van der Waals surface area contributed by atoms with Gasteiger partial charge in [-0.15, -0.1) is 0 Å². The molecule has 1 aliphatic rings. The zero-order valence-electron chi connectivity index (χ0n) is 10.7. The molecule has 0 radical (unpaired) electrons. The van der Waals surface area contributed by atoms with E-state index in [2.05, 4.69) is 37.5 Å². The molecule has 1 fully saturated rings. The molecule has 2 atom stereocenters. The molecule has 1 aliphatic carbocycles. The number of aromatic amines is 1. The Hall–Kier alpha value is -1.85. The molecule has 0 aliphatic heterocycles. The number of H-pyrrole nitrogens is 1. The van der Waals surface area contributed by atoms with Crippen molar-refractivity contribution in [1.82, 2.24) is 19.9 Å². The topological polar surface area (TPSA) is 78.5 Å². The van der Waals surface area contributed by atoms with Crippen molar-refractivity contribution >= 4 is 22.9 Å². The SMILES string of the molecule is CNc1nc(NC2CCC(C)C2)c2[nH]cnc2n1. The van der Waals surface area contributed by atoms with E-state index in [1.165, 1.54) is 19.3 Å². The van der Waals surface area contributed by atoms with Gasteiger partial charge in [0.25, 0.3) is 0 Å². The van der Waals surface area contributed by atoms with E-state index < -0.39 is 0 Å². The molecule has 2 unspecified atom stereocenters. The van der Waals surface area contributed by atoms with Crippen LogP contribution in [0.3, 0.4) is 0 Å². The van der Waals surface area contributed by atoms with Crippen LogP contribution in [0.1, 0.15) is 26.2 Å². The first-order valence-corrected chi connectivity index (χ1v) is 6.41. The average molecular weight is 246 g/mol. The van der Waals surface area contributed by atoms with Gasteiger partial charge in [0.05, 0.1) is 6.33 Å². The van der Waals surface area contributed by atoms with E-state index in [-0.39, 0.29) is 0 Å². The molecule has 6 nitrogen and oxygen atoms in total. The van der Waals surface area contributed by atoms with Crippen molar-refractivity contribution in [2.75, 3.05) is 17.7 Å². The summed E-state index contributed by atoms with van der Waals surface area (Å²) in [5.41, 5.74) is 1.58. The minimum atomic E-state index is 0.506. The number of aromatic nitrogens is 4. The van der Waals surface area contributed by atoms with Crippen molar-refractivity contribution in [3.05, 3.63) is 6.33 Å². The fourth-order valence-electron chi connectivity index (χ4n) is 2.58. The third kappa shape index (κ3) is 1.98. The van der Waals surface area contributed by atoms with Crippen LogP contribution in [0.2, 0.25) is 0 Å². The van der Waals surface area contributed by atoms with Crippen LogP contribution in [-0.4, -0.2) is 33.0 Å². The summed E-state index contributed by atoms with van der Waals surface area (Å²) in [6, 6.07) is 0.506. The van der Waals surface area contributed by atoms with E-state index in [0.29, 0.717) is 17.6 Å². The number of nitrogens with zero attached hydrogens (tertiary/aromatic N) is 3. The van der Waals surface area contributed by atoms with Gasteiger partial charge in [0, 0.05) is 13.1 Å². The Morgan fingerprint density at radius 1 is 1.33 bits per heavy atom. The molecule has 96 valence electrons. The number of nitrogens with one attached hydrogen (secondary N) is 3. The second-order valence-electron chi connectivity index (χ2n) is 5.01. The molecule has 0 aromatic carbocycles. The van der Waals surface area contributed by atoms with Gasteiger partial charge in [-0.05, 0) is 25.2 Å². The van der Waals surface area contributed by atoms with Crippen molar-refractivity contribution in [2.24, 2.45) is 5.92 Å². The van der Waals surface area contributed by atoms with Gasteiger partial charge in [0.2, 0.25) is 5.95 Å². The second kappa shape index (κ2) is 4.44. The minimum Gasteiger partial charge on any atom is -0.365 e. The van der Waals surface area contributed by atoms with Crippen molar-refractivity contribution in [3.63, 3.8) is 0 Å². The quantitative estimate of drug-likeness (QED) is 0.772. The zero-order chi connectivity index (χ0) is 12.5. The fourth-order valence-corrected chi connectivity index (χ4v) is 2.58. The zero-order valence-corrected chi connectivity index (χ0v) is 10.7. The van der Waals surface area contributed by atoms with Crippen LogP contribution in [-0.2, 0) is 0 Å². The maximum atomic E-state index is 4.48. The Morgan fingerprint density at radius 3 is 2.94 bits per heavy atom. The predicted molar refractivity (Wildman–Crippen MR) is 71.7 cm³/mol. The molecule has 3 rings (SSSR count). The lowest BCUT2D eigenvalue weighted by Crippen LogP contribution is -2.17. The van der Waals surface area contributed by atoms with Crippen LogP contribution < -0.4 is 10.6 Å². The van der Waals surface area contributed by atoms with Gasteiger partial charge in [-0.25, -0.2) is 4.98 Å². The highest BCUT2D eigenvalue weighted by atomic mass is 15.2. The standard InChI is InChI=1S/C12H18N6/c1-7-3-4-8(5-7)16-11-9-10(15-6-14-9)17-12(13-2)18-11/h6-8H,3-5H2,1-2H3,(H3,13,14,15,16,17,18). The van der Waals surface area contributed by atoms with Crippen molar-refractivity contribution in [1.29, 1.82) is 0 Å². The highest BCUT2D eigenvalue weighted by Gasteiger charge is 2.22. The highest BCUT2D eigenvalue weighted by Crippen LogP contribution is 2.28. The van der Waals surface area contributed by atoms with Crippen LogP contribution in [0.15, 0.2) is 6.33 Å². The molecular weight excluding hydrogens is 228 g/mol. The van der Waals surface area contributed by atoms with Crippen LogP contribution in [0.4, 0.5) is 11.8 Å². The van der Waals surface area contributed by atoms with Crippen molar-refractivity contribution in [3.8, 4) is 0 Å². The number of hydrogen-bond donors (Lipinski definition) is 3. The normalized spacial score (nSPS) is 23.4. The lowest BCUT2D eigenvalue weighted by atomic mass is 10.1. The Balaban J connectivity index is 1.92. The molecule has 1 saturated carbocycles. The first kappa shape index (κ1) is 11.3. The summed E-state index contributed by atoms with van der Waals surface area (Å²) in [5, 5.41) is 6.48. The predicted octanol–water partition coefficient (Wildman–Crippen LogP) is 2.00. The van der Waals surface area contributed by atoms with Gasteiger partial charge in [0.15, 0.2) is 11.5 Å². The van der Waals surface area contributed by atoms with E-state index >= 15 is 0 Å². The highest BCUT2D eigenvalue weighted by molar-refractivity contribution is 5.83. The van der Waals surface area contributed by atoms with Crippen LogP contribution in [0, 0.1) is 5.92 Å². The summed E-state index contributed by atoms with van der Waals surface area (Å²) < 4.78 is 0. The molecule has 0 bridgehead atoms. The lowest BCUT2D eigenvalue weighted by molar-refractivity contribution is 0.602. The van der Waals surface area contributed by atoms with Gasteiger partial charge < -0.3 is 15.6 Å². The third-order valence-corrected chi connectivity index (χ3v) is 3.54. The Bertz CT molecular complexity index is 548. The number of hydrogen-bond acceptors (Lipinski definition) is 5. The van der Waals surface area contributed by atoms with Crippen molar-refractivity contribution < 1.29 is 0 Å². The van der Waals surface area contributed by atoms with Crippen molar-refractivity contribution in [2.45, 2.75) is 32.2 Å². The van der Waals surface area contributed by atoms with Gasteiger partial charge in [0.1, 0.15) is 5.52 Å². The van der Waals surface area contributed by atoms with E-state index in [4.69, 9.17) is 0 Å². The largest absolute Gasteiger partial charge is 0.365 e. The third-order valence-electron chi connectivity index (χ3n) is 3.54. The first-order chi connectivity index (χ1) is 8.76. The molecule has 0 saturated heterocycles. The minimum absolute atomic E-state index is 0.506. The molecule has 18 heavy (non-hydrogen) atoms. The molecule has 3 N–H and O–H groups in total. The first-order valence-electron chi connectivity index (χ1n) is 6.41. The van der Waals surface area contributed by atoms with Crippen LogP contribution in [0.25, 0.3) is 11.2 Å². The summed E-state index contributed by atoms with van der Waals surface area (Å²) in [6.45, 7) is 2.30. The Morgan fingerprint density at radius 2 is 2.22 bits per heavy atom. The number of rotatable bonds is 3. The average Bonchev–Trinajstić information content (AvgIpc) is 2.98. The fraction of sp³-hybridized carbons (Fsp3) is 0.583. The smallest absolute Gasteiger partial charge is 0.226 e. The van der Waals surface area contributed by atoms with Crippen LogP contribution >= 0.6 is 0 Å². The van der Waals surface area contributed by atoms with Gasteiger partial charge >= 0.3 is 0 Å². The molecule has 2 aromatic rings. The lowest BCUT2D eigenvalue weighted by Gasteiger charge is -2.14. The Kier molecular flexibility index (Phi) is 2.77. The van der Waals surface area contributed by atoms with E-state index in [0.717, 1.165) is 17.3 Å². The van der Waals surface area contributed by atoms with E-state index in [9.17, 15) is 0 Å². The second-order valence-corrected chi connectivity index (χ2v) is 5.01. The monoisotopic (exact) mass is 246 g/mol. The van der Waals surface area contributed by atoms with E-state index in [1.807, 2.05) is 7.05 Å². The number of fused-ring (bicyclic) bond motifs is 1. The maximum Gasteiger partial charge on any atom is 0.226 e. The molecule has 2 heterocycles. The van der Waals surface area contributed by atoms with Gasteiger partial charge in [-0.1, -0.05) is 6.92 Å². The van der Waals surface area contributed by atoms with Gasteiger partial charge in [-0.3, -0.25) is 0 Å². The summed E-state index contributed by atoms with van der Waals surface area (Å²) >= 11 is 0. The van der Waals surface area contributed by atoms with E-state index in [1.54, 1.807) is 6.33 Å².